The SMILES string of the molecule is C=Cn1cc[n+](CCCCCCCCCCCCCCCCC)c1. The first kappa shape index (κ1) is 21.0. The van der Waals surface area contributed by atoms with Crippen molar-refractivity contribution in [3.63, 3.8) is 0 Å². The zero-order valence-corrected chi connectivity index (χ0v) is 16.2. The lowest BCUT2D eigenvalue weighted by Gasteiger charge is -2.03. The van der Waals surface area contributed by atoms with E-state index >= 15 is 0 Å². The van der Waals surface area contributed by atoms with Crippen LogP contribution in [0.4, 0.5) is 0 Å². The Kier molecular flexibility index (Phi) is 13.5. The lowest BCUT2D eigenvalue weighted by molar-refractivity contribution is -0.696. The van der Waals surface area contributed by atoms with Gasteiger partial charge in [0.2, 0.25) is 6.33 Å². The number of hydrogen-bond acceptors (Lipinski definition) is 0. The molecule has 0 amide bonds. The van der Waals surface area contributed by atoms with E-state index in [0.717, 1.165) is 6.54 Å². The molecule has 138 valence electrons. The first-order chi connectivity index (χ1) is 11.9. The third-order valence-corrected chi connectivity index (χ3v) is 4.94. The first-order valence-electron chi connectivity index (χ1n) is 10.6. The van der Waals surface area contributed by atoms with E-state index in [1.807, 2.05) is 10.8 Å². The summed E-state index contributed by atoms with van der Waals surface area (Å²) in [5, 5.41) is 0. The molecule has 0 fully saturated rings. The van der Waals surface area contributed by atoms with Crippen LogP contribution in [0, 0.1) is 0 Å². The van der Waals surface area contributed by atoms with Crippen molar-refractivity contribution in [2.45, 2.75) is 110 Å². The van der Waals surface area contributed by atoms with E-state index in [2.05, 4.69) is 36.8 Å². The van der Waals surface area contributed by atoms with Gasteiger partial charge in [-0.15, -0.1) is 0 Å². The van der Waals surface area contributed by atoms with Gasteiger partial charge < -0.3 is 0 Å². The zero-order valence-electron chi connectivity index (χ0n) is 16.2. The highest BCUT2D eigenvalue weighted by atomic mass is 15.1. The molecule has 0 atom stereocenters. The third-order valence-electron chi connectivity index (χ3n) is 4.94. The third kappa shape index (κ3) is 11.5. The van der Waals surface area contributed by atoms with Crippen molar-refractivity contribution < 1.29 is 4.57 Å². The summed E-state index contributed by atoms with van der Waals surface area (Å²) in [6.45, 7) is 7.20. The highest BCUT2D eigenvalue weighted by Crippen LogP contribution is 2.13. The molecule has 0 bridgehead atoms. The number of unbranched alkanes of at least 4 members (excludes halogenated alkanes) is 14. The molecule has 0 unspecified atom stereocenters. The molecular weight excluding hydrogens is 292 g/mol. The first-order valence-corrected chi connectivity index (χ1v) is 10.6. The molecule has 0 aliphatic carbocycles. The van der Waals surface area contributed by atoms with E-state index in [1.165, 1.54) is 96.3 Å². The number of aromatic nitrogens is 2. The number of rotatable bonds is 17. The summed E-state index contributed by atoms with van der Waals surface area (Å²) in [4.78, 5) is 0. The lowest BCUT2D eigenvalue weighted by Crippen LogP contribution is -2.30. The predicted octanol–water partition coefficient (Wildman–Crippen LogP) is 6.75. The summed E-state index contributed by atoms with van der Waals surface area (Å²) in [6, 6.07) is 0. The standard InChI is InChI=1S/C22H41N2/c1-3-5-6-7-8-9-10-11-12-13-14-15-16-17-18-19-24-21-20-23(4-2)22-24/h4,20-22H,2-3,5-19H2,1H3/q+1. The molecule has 0 aliphatic heterocycles. The molecule has 1 rings (SSSR count). The van der Waals surface area contributed by atoms with Gasteiger partial charge in [-0.2, -0.15) is 0 Å². The Morgan fingerprint density at radius 2 is 1.21 bits per heavy atom. The van der Waals surface area contributed by atoms with Gasteiger partial charge in [0.1, 0.15) is 12.4 Å². The Balaban J connectivity index is 1.75. The van der Waals surface area contributed by atoms with E-state index in [0.29, 0.717) is 0 Å². The monoisotopic (exact) mass is 333 g/mol. The fraction of sp³-hybridized carbons (Fsp3) is 0.773. The summed E-state index contributed by atoms with van der Waals surface area (Å²) in [5.74, 6) is 0. The van der Waals surface area contributed by atoms with Gasteiger partial charge in [-0.1, -0.05) is 97.0 Å². The smallest absolute Gasteiger partial charge is 0.236 e. The molecule has 0 radical (unpaired) electrons. The molecule has 0 aromatic carbocycles. The van der Waals surface area contributed by atoms with Gasteiger partial charge in [-0.25, -0.2) is 9.13 Å². The summed E-state index contributed by atoms with van der Waals surface area (Å²) in [5.41, 5.74) is 0. The Bertz CT molecular complexity index is 394. The zero-order chi connectivity index (χ0) is 17.3. The van der Waals surface area contributed by atoms with Crippen LogP contribution in [0.25, 0.3) is 6.20 Å². The highest BCUT2D eigenvalue weighted by molar-refractivity contribution is 5.12. The molecule has 24 heavy (non-hydrogen) atoms. The van der Waals surface area contributed by atoms with Gasteiger partial charge in [0, 0.05) is 0 Å². The number of hydrogen-bond donors (Lipinski definition) is 0. The van der Waals surface area contributed by atoms with Crippen molar-refractivity contribution >= 4 is 6.20 Å². The molecule has 0 saturated carbocycles. The van der Waals surface area contributed by atoms with Gasteiger partial charge in [0.05, 0.1) is 12.7 Å². The number of nitrogens with zero attached hydrogens (tertiary/aromatic N) is 2. The molecule has 2 heteroatoms. The van der Waals surface area contributed by atoms with Crippen molar-refractivity contribution in [1.29, 1.82) is 0 Å². The van der Waals surface area contributed by atoms with Crippen LogP contribution in [-0.2, 0) is 6.54 Å². The second-order valence-electron chi connectivity index (χ2n) is 7.23. The highest BCUT2D eigenvalue weighted by Gasteiger charge is 2.00. The van der Waals surface area contributed by atoms with Gasteiger partial charge in [-0.3, -0.25) is 0 Å². The van der Waals surface area contributed by atoms with Crippen molar-refractivity contribution in [2.75, 3.05) is 0 Å². The fourth-order valence-electron chi connectivity index (χ4n) is 3.32. The Hall–Kier alpha value is -1.05. The maximum Gasteiger partial charge on any atom is 0.248 e. The molecule has 1 aromatic heterocycles. The molecular formula is C22H41N2+. The molecule has 1 aromatic rings. The maximum atomic E-state index is 3.77. The largest absolute Gasteiger partial charge is 0.248 e. The fourth-order valence-corrected chi connectivity index (χ4v) is 3.32. The quantitative estimate of drug-likeness (QED) is 0.220. The van der Waals surface area contributed by atoms with Gasteiger partial charge >= 0.3 is 0 Å². The van der Waals surface area contributed by atoms with Crippen molar-refractivity contribution in [1.82, 2.24) is 4.57 Å². The van der Waals surface area contributed by atoms with E-state index < -0.39 is 0 Å². The van der Waals surface area contributed by atoms with Crippen LogP contribution in [0.15, 0.2) is 25.3 Å². The predicted molar refractivity (Wildman–Crippen MR) is 106 cm³/mol. The van der Waals surface area contributed by atoms with E-state index in [1.54, 1.807) is 0 Å². The van der Waals surface area contributed by atoms with Crippen LogP contribution in [-0.4, -0.2) is 4.57 Å². The summed E-state index contributed by atoms with van der Waals surface area (Å²) < 4.78 is 4.26. The maximum absolute atomic E-state index is 3.77. The van der Waals surface area contributed by atoms with Crippen molar-refractivity contribution in [2.24, 2.45) is 0 Å². The van der Waals surface area contributed by atoms with Crippen LogP contribution < -0.4 is 4.57 Å². The molecule has 0 saturated heterocycles. The minimum atomic E-state index is 1.14. The van der Waals surface area contributed by atoms with Crippen LogP contribution in [0.1, 0.15) is 103 Å². The summed E-state index contributed by atoms with van der Waals surface area (Å²) >= 11 is 0. The topological polar surface area (TPSA) is 8.81 Å². The average Bonchev–Trinajstić information content (AvgIpc) is 3.06. The average molecular weight is 334 g/mol. The summed E-state index contributed by atoms with van der Waals surface area (Å²) in [7, 11) is 0. The Labute approximate surface area is 151 Å². The molecule has 2 nitrogen and oxygen atoms in total. The van der Waals surface area contributed by atoms with E-state index in [4.69, 9.17) is 0 Å². The number of aryl methyl sites for hydroxylation is 1. The Morgan fingerprint density at radius 1 is 0.750 bits per heavy atom. The minimum absolute atomic E-state index is 1.14. The molecule has 1 heterocycles. The lowest BCUT2D eigenvalue weighted by atomic mass is 10.0. The van der Waals surface area contributed by atoms with Gasteiger partial charge in [-0.05, 0) is 12.8 Å². The van der Waals surface area contributed by atoms with E-state index in [-0.39, 0.29) is 0 Å². The summed E-state index contributed by atoms with van der Waals surface area (Å²) in [6.07, 6.45) is 29.5. The second-order valence-corrected chi connectivity index (χ2v) is 7.23. The normalized spacial score (nSPS) is 11.0. The second kappa shape index (κ2) is 15.5. The van der Waals surface area contributed by atoms with Crippen LogP contribution in [0.5, 0.6) is 0 Å². The van der Waals surface area contributed by atoms with Crippen LogP contribution >= 0.6 is 0 Å². The van der Waals surface area contributed by atoms with Gasteiger partial charge in [0.25, 0.3) is 0 Å². The van der Waals surface area contributed by atoms with Crippen molar-refractivity contribution in [3.8, 4) is 0 Å². The van der Waals surface area contributed by atoms with Crippen LogP contribution in [0.2, 0.25) is 0 Å². The van der Waals surface area contributed by atoms with E-state index in [9.17, 15) is 0 Å². The van der Waals surface area contributed by atoms with Crippen molar-refractivity contribution in [3.05, 3.63) is 25.3 Å². The Morgan fingerprint density at radius 3 is 1.62 bits per heavy atom. The minimum Gasteiger partial charge on any atom is -0.236 e. The molecule has 0 N–H and O–H groups in total. The van der Waals surface area contributed by atoms with Gasteiger partial charge in [0.15, 0.2) is 0 Å². The molecule has 0 spiro atoms. The number of imidazole rings is 1. The van der Waals surface area contributed by atoms with Crippen LogP contribution in [0.3, 0.4) is 0 Å². The molecule has 0 aliphatic rings.